The average Bonchev–Trinajstić information content (AvgIpc) is 2.40. The molecule has 0 spiro atoms. The second kappa shape index (κ2) is 7.87. The quantitative estimate of drug-likeness (QED) is 0.841. The number of benzene rings is 1. The number of nitrogens with zero attached hydrogens (tertiary/aromatic N) is 1. The summed E-state index contributed by atoms with van der Waals surface area (Å²) in [5.41, 5.74) is 0.0632. The van der Waals surface area contributed by atoms with Gasteiger partial charge in [-0.25, -0.2) is 9.78 Å². The number of ether oxygens (including phenoxy) is 1. The van der Waals surface area contributed by atoms with E-state index < -0.39 is 12.3 Å². The van der Waals surface area contributed by atoms with Gasteiger partial charge < -0.3 is 11.3 Å². The van der Waals surface area contributed by atoms with E-state index in [0.29, 0.717) is 9.92 Å². The van der Waals surface area contributed by atoms with Gasteiger partial charge in [0.25, 0.3) is 0 Å². The molecule has 0 saturated heterocycles. The van der Waals surface area contributed by atoms with E-state index in [4.69, 9.17) is 5.11 Å². The maximum absolute atomic E-state index is 12.0. The van der Waals surface area contributed by atoms with Gasteiger partial charge in [0.15, 0.2) is 0 Å². The molecule has 0 fully saturated rings. The molecule has 1 heterocycles. The third kappa shape index (κ3) is 5.88. The first kappa shape index (κ1) is 18.8. The molecule has 2 aromatic rings. The Labute approximate surface area is 151 Å². The number of halogens is 3. The standard InChI is InChI=1S/C13H8F3NO3S.Na.H/c14-13(15,16)20-9-2-4-10(5-3-9)21-11-6-1-8(7-17-11)12(18)19;;/h1-7H,(H,18,19);;/q;+1;-1. The number of pyridine rings is 1. The van der Waals surface area contributed by atoms with Gasteiger partial charge in [0, 0.05) is 11.1 Å². The molecular weight excluding hydrogens is 330 g/mol. The Morgan fingerprint density at radius 3 is 2.27 bits per heavy atom. The van der Waals surface area contributed by atoms with E-state index in [-0.39, 0.29) is 42.3 Å². The topological polar surface area (TPSA) is 59.4 Å². The van der Waals surface area contributed by atoms with Crippen molar-refractivity contribution >= 4 is 17.7 Å². The van der Waals surface area contributed by atoms with E-state index in [1.807, 2.05) is 0 Å². The minimum atomic E-state index is -4.72. The molecule has 2 rings (SSSR count). The zero-order valence-electron chi connectivity index (χ0n) is 12.3. The molecule has 1 aromatic heterocycles. The van der Waals surface area contributed by atoms with Crippen LogP contribution in [0.25, 0.3) is 0 Å². The Morgan fingerprint density at radius 1 is 1.18 bits per heavy atom. The summed E-state index contributed by atoms with van der Waals surface area (Å²) in [6.07, 6.45) is -3.51. The van der Waals surface area contributed by atoms with E-state index in [0.717, 1.165) is 0 Å². The van der Waals surface area contributed by atoms with Crippen LogP contribution in [0.1, 0.15) is 11.8 Å². The van der Waals surface area contributed by atoms with Gasteiger partial charge >= 0.3 is 41.9 Å². The average molecular weight is 339 g/mol. The summed E-state index contributed by atoms with van der Waals surface area (Å²) >= 11 is 1.19. The molecule has 112 valence electrons. The third-order valence-corrected chi connectivity index (χ3v) is 3.22. The molecule has 4 nitrogen and oxygen atoms in total. The van der Waals surface area contributed by atoms with E-state index in [1.54, 1.807) is 0 Å². The van der Waals surface area contributed by atoms with Gasteiger partial charge in [-0.05, 0) is 36.4 Å². The number of hydrogen-bond acceptors (Lipinski definition) is 4. The molecular formula is C13H9F3NNaO3S. The smallest absolute Gasteiger partial charge is 1.00 e. The predicted octanol–water partition coefficient (Wildman–Crippen LogP) is 0.946. The first-order valence-electron chi connectivity index (χ1n) is 5.56. The largest absolute Gasteiger partial charge is 1.00 e. The molecule has 9 heteroatoms. The van der Waals surface area contributed by atoms with Gasteiger partial charge in [0.2, 0.25) is 0 Å². The molecule has 1 N–H and O–H groups in total. The Morgan fingerprint density at radius 2 is 1.82 bits per heavy atom. The van der Waals surface area contributed by atoms with Crippen LogP contribution in [0.3, 0.4) is 0 Å². The summed E-state index contributed by atoms with van der Waals surface area (Å²) in [4.78, 5) is 15.3. The van der Waals surface area contributed by atoms with Crippen molar-refractivity contribution in [3.63, 3.8) is 0 Å². The maximum atomic E-state index is 12.0. The van der Waals surface area contributed by atoms with Crippen LogP contribution in [0.5, 0.6) is 5.75 Å². The van der Waals surface area contributed by atoms with Crippen molar-refractivity contribution in [2.45, 2.75) is 16.3 Å². The minimum Gasteiger partial charge on any atom is -1.00 e. The Kier molecular flexibility index (Phi) is 6.73. The number of hydrogen-bond donors (Lipinski definition) is 1. The van der Waals surface area contributed by atoms with Gasteiger partial charge in [-0.3, -0.25) is 0 Å². The van der Waals surface area contributed by atoms with Crippen LogP contribution >= 0.6 is 11.8 Å². The second-order valence-corrected chi connectivity index (χ2v) is 4.91. The van der Waals surface area contributed by atoms with Gasteiger partial charge in [-0.15, -0.1) is 13.2 Å². The van der Waals surface area contributed by atoms with Crippen molar-refractivity contribution in [3.8, 4) is 5.75 Å². The summed E-state index contributed by atoms with van der Waals surface area (Å²) in [7, 11) is 0. The fourth-order valence-electron chi connectivity index (χ4n) is 1.40. The van der Waals surface area contributed by atoms with Crippen LogP contribution in [-0.2, 0) is 0 Å². The third-order valence-electron chi connectivity index (χ3n) is 2.26. The molecule has 0 saturated carbocycles. The minimum absolute atomic E-state index is 0. The number of carboxylic acids is 1. The molecule has 0 atom stereocenters. The normalized spacial score (nSPS) is 10.7. The van der Waals surface area contributed by atoms with Crippen LogP contribution in [0.4, 0.5) is 13.2 Å². The maximum Gasteiger partial charge on any atom is 1.00 e. The first-order valence-corrected chi connectivity index (χ1v) is 6.38. The van der Waals surface area contributed by atoms with Gasteiger partial charge in [-0.2, -0.15) is 0 Å². The van der Waals surface area contributed by atoms with E-state index >= 15 is 0 Å². The van der Waals surface area contributed by atoms with Crippen molar-refractivity contribution in [1.29, 1.82) is 0 Å². The summed E-state index contributed by atoms with van der Waals surface area (Å²) in [5.74, 6) is -1.38. The van der Waals surface area contributed by atoms with E-state index in [2.05, 4.69) is 9.72 Å². The van der Waals surface area contributed by atoms with Crippen molar-refractivity contribution < 1.29 is 58.8 Å². The summed E-state index contributed by atoms with van der Waals surface area (Å²) < 4.78 is 39.8. The number of rotatable bonds is 4. The van der Waals surface area contributed by atoms with Crippen LogP contribution in [0, 0.1) is 0 Å². The van der Waals surface area contributed by atoms with Gasteiger partial charge in [0.1, 0.15) is 10.8 Å². The van der Waals surface area contributed by atoms with Crippen LogP contribution in [-0.4, -0.2) is 22.4 Å². The Balaban J connectivity index is 0.00000242. The fraction of sp³-hybridized carbons (Fsp3) is 0.0769. The number of alkyl halides is 3. The second-order valence-electron chi connectivity index (χ2n) is 3.81. The van der Waals surface area contributed by atoms with E-state index in [9.17, 15) is 18.0 Å². The molecule has 0 unspecified atom stereocenters. The predicted molar refractivity (Wildman–Crippen MR) is 69.6 cm³/mol. The first-order chi connectivity index (χ1) is 9.83. The van der Waals surface area contributed by atoms with Crippen molar-refractivity contribution in [3.05, 3.63) is 48.2 Å². The Hall–Kier alpha value is -1.22. The zero-order chi connectivity index (χ0) is 15.5. The SMILES string of the molecule is O=C(O)c1ccc(Sc2ccc(OC(F)(F)F)cc2)nc1.[H-].[Na+]. The molecule has 1 aromatic carbocycles. The molecule has 0 aliphatic rings. The van der Waals surface area contributed by atoms with Crippen molar-refractivity contribution in [2.75, 3.05) is 0 Å². The molecule has 22 heavy (non-hydrogen) atoms. The van der Waals surface area contributed by atoms with Gasteiger partial charge in [0.05, 0.1) is 5.56 Å². The Bertz CT molecular complexity index is 638. The number of aromatic nitrogens is 1. The number of carboxylic acid groups (broad SMARTS) is 1. The molecule has 0 aliphatic carbocycles. The van der Waals surface area contributed by atoms with Crippen molar-refractivity contribution in [2.24, 2.45) is 0 Å². The summed E-state index contributed by atoms with van der Waals surface area (Å²) in [6.45, 7) is 0. The van der Waals surface area contributed by atoms with Crippen LogP contribution in [0.2, 0.25) is 0 Å². The monoisotopic (exact) mass is 339 g/mol. The fourth-order valence-corrected chi connectivity index (χ4v) is 2.15. The molecule has 0 bridgehead atoms. The van der Waals surface area contributed by atoms with Crippen LogP contribution in [0.15, 0.2) is 52.5 Å². The zero-order valence-corrected chi connectivity index (χ0v) is 14.1. The summed E-state index contributed by atoms with van der Waals surface area (Å²) in [6, 6.07) is 8.23. The van der Waals surface area contributed by atoms with E-state index in [1.165, 1.54) is 54.4 Å². The number of carbonyl (C=O) groups is 1. The van der Waals surface area contributed by atoms with Gasteiger partial charge in [-0.1, -0.05) is 11.8 Å². The summed E-state index contributed by atoms with van der Waals surface area (Å²) in [5, 5.41) is 9.27. The molecule has 0 amide bonds. The molecule has 0 aliphatic heterocycles. The van der Waals surface area contributed by atoms with Crippen LogP contribution < -0.4 is 34.3 Å². The number of aromatic carboxylic acids is 1. The van der Waals surface area contributed by atoms with Crippen molar-refractivity contribution in [1.82, 2.24) is 4.98 Å². The molecule has 0 radical (unpaired) electrons.